The molecule has 1 aromatic heterocycles. The van der Waals surface area contributed by atoms with E-state index in [0.29, 0.717) is 16.8 Å². The molecule has 0 bridgehead atoms. The number of fused-ring (bicyclic) bond motifs is 1. The van der Waals surface area contributed by atoms with Crippen molar-refractivity contribution in [1.29, 1.82) is 0 Å². The van der Waals surface area contributed by atoms with Crippen molar-refractivity contribution in [3.05, 3.63) is 52.8 Å². The summed E-state index contributed by atoms with van der Waals surface area (Å²) in [5, 5.41) is 10.1. The molecule has 0 saturated heterocycles. The summed E-state index contributed by atoms with van der Waals surface area (Å²) in [5.41, 5.74) is 1.53. The fraction of sp³-hybridized carbons (Fsp3) is 0.188. The Morgan fingerprint density at radius 2 is 1.96 bits per heavy atom. The first kappa shape index (κ1) is 17.4. The minimum atomic E-state index is -4.85. The molecule has 0 aliphatic heterocycles. The van der Waals surface area contributed by atoms with Gasteiger partial charge in [0, 0.05) is 6.07 Å². The molecule has 2 aromatic carbocycles. The van der Waals surface area contributed by atoms with Crippen molar-refractivity contribution < 1.29 is 27.8 Å². The van der Waals surface area contributed by atoms with Crippen LogP contribution in [0, 0.1) is 0 Å². The zero-order chi connectivity index (χ0) is 18.2. The number of methoxy groups -OCH3 is 1. The number of ether oxygens (including phenoxy) is 2. The molecule has 1 atom stereocenters. The zero-order valence-electron chi connectivity index (χ0n) is 12.8. The average Bonchev–Trinajstić information content (AvgIpc) is 2.97. The number of nitrogens with one attached hydrogen (secondary N) is 1. The van der Waals surface area contributed by atoms with Gasteiger partial charge in [0.05, 0.1) is 23.2 Å². The van der Waals surface area contributed by atoms with Crippen molar-refractivity contribution in [1.82, 2.24) is 9.97 Å². The third-order valence-corrected chi connectivity index (χ3v) is 3.76. The number of nitrogens with zero attached hydrogens (tertiary/aromatic N) is 1. The van der Waals surface area contributed by atoms with Crippen LogP contribution in [-0.2, 0) is 0 Å². The minimum Gasteiger partial charge on any atom is -0.497 e. The molecule has 0 aliphatic rings. The topological polar surface area (TPSA) is 67.4 Å². The van der Waals surface area contributed by atoms with Gasteiger partial charge in [-0.3, -0.25) is 0 Å². The molecule has 2 N–H and O–H groups in total. The van der Waals surface area contributed by atoms with Crippen LogP contribution in [0.5, 0.6) is 11.5 Å². The highest BCUT2D eigenvalue weighted by Gasteiger charge is 2.32. The second-order valence-electron chi connectivity index (χ2n) is 5.15. The molecule has 0 aliphatic carbocycles. The molecule has 5 nitrogen and oxygen atoms in total. The number of aliphatic hydroxyl groups excluding tert-OH is 1. The van der Waals surface area contributed by atoms with Crippen molar-refractivity contribution in [3.8, 4) is 11.5 Å². The summed E-state index contributed by atoms with van der Waals surface area (Å²) >= 11 is 5.80. The summed E-state index contributed by atoms with van der Waals surface area (Å²) in [6.45, 7) is 0. The van der Waals surface area contributed by atoms with Crippen molar-refractivity contribution >= 4 is 22.6 Å². The van der Waals surface area contributed by atoms with Crippen molar-refractivity contribution in [3.63, 3.8) is 0 Å². The fourth-order valence-electron chi connectivity index (χ4n) is 2.32. The van der Waals surface area contributed by atoms with Crippen LogP contribution in [0.15, 0.2) is 36.4 Å². The summed E-state index contributed by atoms with van der Waals surface area (Å²) < 4.78 is 45.7. The Bertz CT molecular complexity index is 911. The molecule has 3 aromatic rings. The summed E-state index contributed by atoms with van der Waals surface area (Å²) in [7, 11) is 1.53. The van der Waals surface area contributed by atoms with Crippen LogP contribution in [0.1, 0.15) is 17.5 Å². The van der Waals surface area contributed by atoms with Gasteiger partial charge in [-0.1, -0.05) is 17.7 Å². The second-order valence-corrected chi connectivity index (χ2v) is 5.55. The molecule has 25 heavy (non-hydrogen) atoms. The number of aromatic nitrogens is 2. The lowest BCUT2D eigenvalue weighted by molar-refractivity contribution is -0.274. The van der Waals surface area contributed by atoms with E-state index in [-0.39, 0.29) is 16.4 Å². The third-order valence-electron chi connectivity index (χ3n) is 3.46. The SMILES string of the molecule is COc1ccc2nc(C(O)c3ccc(OC(F)(F)F)c(Cl)c3)[nH]c2c1. The molecular formula is C16H12ClF3N2O3. The maximum Gasteiger partial charge on any atom is 0.573 e. The lowest BCUT2D eigenvalue weighted by Gasteiger charge is -2.13. The Hall–Kier alpha value is -2.45. The Kier molecular flexibility index (Phi) is 4.49. The smallest absolute Gasteiger partial charge is 0.497 e. The van der Waals surface area contributed by atoms with Gasteiger partial charge in [-0.2, -0.15) is 0 Å². The van der Waals surface area contributed by atoms with Crippen molar-refractivity contribution in [2.45, 2.75) is 12.5 Å². The van der Waals surface area contributed by atoms with Crippen LogP contribution in [0.2, 0.25) is 5.02 Å². The maximum absolute atomic E-state index is 12.3. The number of rotatable bonds is 4. The van der Waals surface area contributed by atoms with E-state index in [4.69, 9.17) is 16.3 Å². The molecule has 0 saturated carbocycles. The summed E-state index contributed by atoms with van der Waals surface area (Å²) in [5.74, 6) is 0.303. The first-order chi connectivity index (χ1) is 11.8. The maximum atomic E-state index is 12.3. The first-order valence-corrected chi connectivity index (χ1v) is 7.41. The van der Waals surface area contributed by atoms with Crippen LogP contribution >= 0.6 is 11.6 Å². The van der Waals surface area contributed by atoms with E-state index in [1.807, 2.05) is 0 Å². The quantitative estimate of drug-likeness (QED) is 0.720. The number of alkyl halides is 3. The van der Waals surface area contributed by atoms with Crippen LogP contribution in [0.4, 0.5) is 13.2 Å². The molecule has 0 fully saturated rings. The molecule has 9 heteroatoms. The van der Waals surface area contributed by atoms with Crippen molar-refractivity contribution in [2.75, 3.05) is 7.11 Å². The van der Waals surface area contributed by atoms with Gasteiger partial charge in [0.1, 0.15) is 23.4 Å². The molecule has 1 unspecified atom stereocenters. The van der Waals surface area contributed by atoms with E-state index < -0.39 is 18.2 Å². The standard InChI is InChI=1S/C16H12ClF3N2O3/c1-24-9-3-4-11-12(7-9)22-15(21-11)14(23)8-2-5-13(10(17)6-8)25-16(18,19)20/h2-7,14,23H,1H3,(H,21,22). The van der Waals surface area contributed by atoms with Gasteiger partial charge >= 0.3 is 6.36 Å². The number of halogens is 4. The van der Waals surface area contributed by atoms with Gasteiger partial charge in [-0.15, -0.1) is 13.2 Å². The van der Waals surface area contributed by atoms with E-state index in [1.165, 1.54) is 19.2 Å². The first-order valence-electron chi connectivity index (χ1n) is 7.04. The Morgan fingerprint density at radius 3 is 2.60 bits per heavy atom. The summed E-state index contributed by atoms with van der Waals surface area (Å²) in [6.07, 6.45) is -6.04. The van der Waals surface area contributed by atoms with E-state index in [2.05, 4.69) is 14.7 Å². The van der Waals surface area contributed by atoms with Gasteiger partial charge in [0.2, 0.25) is 0 Å². The van der Waals surface area contributed by atoms with Gasteiger partial charge in [0.15, 0.2) is 0 Å². The number of H-pyrrole nitrogens is 1. The number of aliphatic hydroxyl groups is 1. The summed E-state index contributed by atoms with van der Waals surface area (Å²) in [6, 6.07) is 8.67. The van der Waals surface area contributed by atoms with E-state index in [1.54, 1.807) is 18.2 Å². The zero-order valence-corrected chi connectivity index (χ0v) is 13.5. The van der Waals surface area contributed by atoms with Gasteiger partial charge in [-0.05, 0) is 29.8 Å². The van der Waals surface area contributed by atoms with Crippen molar-refractivity contribution in [2.24, 2.45) is 0 Å². The second kappa shape index (κ2) is 6.45. The lowest BCUT2D eigenvalue weighted by Crippen LogP contribution is -2.17. The van der Waals surface area contributed by atoms with Crippen LogP contribution in [-0.4, -0.2) is 28.5 Å². The van der Waals surface area contributed by atoms with Gasteiger partial charge < -0.3 is 19.6 Å². The minimum absolute atomic E-state index is 0.226. The molecule has 0 spiro atoms. The Balaban J connectivity index is 1.90. The number of hydrogen-bond acceptors (Lipinski definition) is 4. The third kappa shape index (κ3) is 3.80. The molecule has 0 amide bonds. The summed E-state index contributed by atoms with van der Waals surface area (Å²) in [4.78, 5) is 7.21. The van der Waals surface area contributed by atoms with E-state index in [9.17, 15) is 18.3 Å². The Morgan fingerprint density at radius 1 is 1.20 bits per heavy atom. The van der Waals surface area contributed by atoms with E-state index in [0.717, 1.165) is 6.07 Å². The molecule has 0 radical (unpaired) electrons. The highest BCUT2D eigenvalue weighted by atomic mass is 35.5. The van der Waals surface area contributed by atoms with E-state index >= 15 is 0 Å². The fourth-order valence-corrected chi connectivity index (χ4v) is 2.54. The molecular weight excluding hydrogens is 361 g/mol. The van der Waals surface area contributed by atoms with Crippen LogP contribution in [0.3, 0.4) is 0 Å². The highest BCUT2D eigenvalue weighted by molar-refractivity contribution is 6.32. The number of aromatic amines is 1. The monoisotopic (exact) mass is 372 g/mol. The van der Waals surface area contributed by atoms with Gasteiger partial charge in [-0.25, -0.2) is 4.98 Å². The van der Waals surface area contributed by atoms with Crippen LogP contribution < -0.4 is 9.47 Å². The van der Waals surface area contributed by atoms with Crippen LogP contribution in [0.25, 0.3) is 11.0 Å². The molecule has 3 rings (SSSR count). The predicted octanol–water partition coefficient (Wildman–Crippen LogP) is 4.21. The normalized spacial score (nSPS) is 13.0. The predicted molar refractivity (Wildman–Crippen MR) is 84.8 cm³/mol. The number of imidazole rings is 1. The molecule has 1 heterocycles. The average molecular weight is 373 g/mol. The molecule has 132 valence electrons. The Labute approximate surface area is 145 Å². The largest absolute Gasteiger partial charge is 0.573 e. The number of benzene rings is 2. The lowest BCUT2D eigenvalue weighted by atomic mass is 10.1. The van der Waals surface area contributed by atoms with Gasteiger partial charge in [0.25, 0.3) is 0 Å². The number of hydrogen-bond donors (Lipinski definition) is 2. The highest BCUT2D eigenvalue weighted by Crippen LogP contribution is 2.33.